The maximum Gasteiger partial charge on any atom is 0.278 e. The maximum atomic E-state index is 13.3. The molecule has 0 aliphatic rings. The molecule has 14 heteroatoms. The number of nitrogens with zero attached hydrogens (tertiary/aromatic N) is 6. The van der Waals surface area contributed by atoms with Crippen molar-refractivity contribution < 1.29 is 19.4 Å². The van der Waals surface area contributed by atoms with Crippen LogP contribution in [0.1, 0.15) is 78.3 Å². The van der Waals surface area contributed by atoms with E-state index in [1.807, 2.05) is 31.3 Å². The second-order valence-corrected chi connectivity index (χ2v) is 14.2. The summed E-state index contributed by atoms with van der Waals surface area (Å²) in [5.74, 6) is 0.728. The van der Waals surface area contributed by atoms with Crippen LogP contribution < -0.4 is 26.4 Å². The zero-order chi connectivity index (χ0) is 39.6. The minimum Gasteiger partial charge on any atom is -0.384 e. The van der Waals surface area contributed by atoms with Crippen LogP contribution in [0.15, 0.2) is 66.1 Å². The van der Waals surface area contributed by atoms with E-state index in [1.165, 1.54) is 43.0 Å². The van der Waals surface area contributed by atoms with Crippen molar-refractivity contribution in [3.8, 4) is 5.82 Å². The summed E-state index contributed by atoms with van der Waals surface area (Å²) in [6.45, 7) is 16.0. The van der Waals surface area contributed by atoms with E-state index in [9.17, 15) is 14.7 Å². The van der Waals surface area contributed by atoms with E-state index < -0.39 is 5.60 Å². The highest BCUT2D eigenvalue weighted by molar-refractivity contribution is 5.77. The van der Waals surface area contributed by atoms with Gasteiger partial charge in [-0.05, 0) is 69.5 Å². The molecule has 0 spiro atoms. The number of amides is 1. The Bertz CT molecular complexity index is 1830. The highest BCUT2D eigenvalue weighted by atomic mass is 16.5. The molecule has 0 radical (unpaired) electrons. The van der Waals surface area contributed by atoms with Crippen LogP contribution in [-0.2, 0) is 26.4 Å². The SMILES string of the molecule is C=CCn1c(=O)c2cnc(Nc3ccc(N(C)CCCNC(=O)CCOCCOCCN[C@H](CCC)CCCC)cc3)nc2n1-c1cccc(C(C)(C)O)n1. The molecule has 0 aliphatic heterocycles. The van der Waals surface area contributed by atoms with Gasteiger partial charge in [-0.25, -0.2) is 19.3 Å². The van der Waals surface area contributed by atoms with Gasteiger partial charge < -0.3 is 35.4 Å². The lowest BCUT2D eigenvalue weighted by atomic mass is 10.1. The normalized spacial score (nSPS) is 12.2. The first-order chi connectivity index (χ1) is 26.5. The standard InChI is InChI=1S/C41H61N9O5/c1-7-10-14-31(13-8-2)42-23-27-55-29-28-54-26-21-37(51)43-22-12-25-48(6)33-19-17-32(18-20-33)45-40-44-30-34-38(47-40)50(49(24-9-3)39(34)52)36-16-11-15-35(46-36)41(4,5)53/h9,11,15-20,30-31,42,53H,3,7-8,10,12-14,21-29H2,1-2,4-6H3,(H,43,51)(H,44,45,47)/t31-/m1/s1. The second-order valence-electron chi connectivity index (χ2n) is 14.2. The lowest BCUT2D eigenvalue weighted by Gasteiger charge is -2.20. The Balaban J connectivity index is 1.19. The number of hydrogen-bond acceptors (Lipinski definition) is 11. The molecule has 1 amide bonds. The number of ether oxygens (including phenoxy) is 2. The predicted octanol–water partition coefficient (Wildman–Crippen LogP) is 5.45. The van der Waals surface area contributed by atoms with E-state index in [-0.39, 0.29) is 18.0 Å². The zero-order valence-corrected chi connectivity index (χ0v) is 33.4. The molecule has 3 heterocycles. The molecule has 4 N–H and O–H groups in total. The Morgan fingerprint density at radius 3 is 2.47 bits per heavy atom. The summed E-state index contributed by atoms with van der Waals surface area (Å²) in [6, 6.07) is 13.7. The van der Waals surface area contributed by atoms with E-state index in [2.05, 4.69) is 51.2 Å². The fourth-order valence-corrected chi connectivity index (χ4v) is 6.15. The number of anilines is 3. The first kappa shape index (κ1) is 43.1. The quantitative estimate of drug-likeness (QED) is 0.0476. The molecular formula is C41H61N9O5. The molecule has 0 unspecified atom stereocenters. The van der Waals surface area contributed by atoms with Crippen molar-refractivity contribution in [1.82, 2.24) is 34.9 Å². The lowest BCUT2D eigenvalue weighted by molar-refractivity contribution is -0.122. The van der Waals surface area contributed by atoms with Gasteiger partial charge in [0, 0.05) is 56.7 Å². The summed E-state index contributed by atoms with van der Waals surface area (Å²) in [6.07, 6.45) is 10.3. The molecule has 1 aromatic carbocycles. The third-order valence-corrected chi connectivity index (χ3v) is 9.18. The molecule has 4 aromatic rings. The smallest absolute Gasteiger partial charge is 0.278 e. The molecule has 55 heavy (non-hydrogen) atoms. The zero-order valence-electron chi connectivity index (χ0n) is 33.4. The topological polar surface area (TPSA) is 161 Å². The van der Waals surface area contributed by atoms with Gasteiger partial charge in [-0.15, -0.1) is 6.58 Å². The molecule has 0 saturated carbocycles. The molecular weight excluding hydrogens is 699 g/mol. The number of allylic oxidation sites excluding steroid dienone is 1. The van der Waals surface area contributed by atoms with Crippen LogP contribution in [0, 0.1) is 0 Å². The predicted molar refractivity (Wildman–Crippen MR) is 219 cm³/mol. The fourth-order valence-electron chi connectivity index (χ4n) is 6.15. The third kappa shape index (κ3) is 13.3. The highest BCUT2D eigenvalue weighted by Crippen LogP contribution is 2.23. The minimum absolute atomic E-state index is 0.0224. The van der Waals surface area contributed by atoms with Gasteiger partial charge in [0.2, 0.25) is 11.9 Å². The number of unbranched alkanes of at least 4 members (excludes halogenated alkanes) is 1. The van der Waals surface area contributed by atoms with Crippen LogP contribution >= 0.6 is 0 Å². The minimum atomic E-state index is -1.17. The lowest BCUT2D eigenvalue weighted by Crippen LogP contribution is -2.32. The van der Waals surface area contributed by atoms with Gasteiger partial charge in [-0.1, -0.05) is 45.3 Å². The largest absolute Gasteiger partial charge is 0.384 e. The van der Waals surface area contributed by atoms with Gasteiger partial charge >= 0.3 is 0 Å². The van der Waals surface area contributed by atoms with Crippen molar-refractivity contribution in [2.45, 2.75) is 90.8 Å². The number of hydrogen-bond donors (Lipinski definition) is 4. The van der Waals surface area contributed by atoms with Gasteiger partial charge in [0.25, 0.3) is 5.56 Å². The van der Waals surface area contributed by atoms with Gasteiger partial charge in [0.1, 0.15) is 11.0 Å². The second kappa shape index (κ2) is 22.1. The van der Waals surface area contributed by atoms with Crippen molar-refractivity contribution in [3.05, 3.63) is 77.4 Å². The number of nitrogens with one attached hydrogen (secondary N) is 3. The number of rotatable bonds is 26. The van der Waals surface area contributed by atoms with E-state index in [0.717, 1.165) is 30.9 Å². The number of pyridine rings is 1. The first-order valence-corrected chi connectivity index (χ1v) is 19.6. The van der Waals surface area contributed by atoms with E-state index in [4.69, 9.17) is 14.5 Å². The summed E-state index contributed by atoms with van der Waals surface area (Å²) in [5, 5.41) is 20.7. The van der Waals surface area contributed by atoms with Crippen LogP contribution in [-0.4, -0.2) is 94.5 Å². The molecule has 0 bridgehead atoms. The van der Waals surface area contributed by atoms with Crippen molar-refractivity contribution >= 4 is 34.3 Å². The number of fused-ring (bicyclic) bond motifs is 1. The van der Waals surface area contributed by atoms with Crippen molar-refractivity contribution in [2.75, 3.05) is 63.3 Å². The molecule has 3 aromatic heterocycles. The average molecular weight is 760 g/mol. The van der Waals surface area contributed by atoms with Crippen LogP contribution in [0.2, 0.25) is 0 Å². The number of carbonyl (C=O) groups is 1. The summed E-state index contributed by atoms with van der Waals surface area (Å²) >= 11 is 0. The summed E-state index contributed by atoms with van der Waals surface area (Å²) in [7, 11) is 2.01. The summed E-state index contributed by atoms with van der Waals surface area (Å²) in [5.41, 5.74) is 1.19. The molecule has 14 nitrogen and oxygen atoms in total. The van der Waals surface area contributed by atoms with Crippen molar-refractivity contribution in [3.63, 3.8) is 0 Å². The number of aliphatic hydroxyl groups is 1. The highest BCUT2D eigenvalue weighted by Gasteiger charge is 2.22. The molecule has 0 saturated heterocycles. The Morgan fingerprint density at radius 1 is 1.00 bits per heavy atom. The monoisotopic (exact) mass is 759 g/mol. The Hall–Kier alpha value is -4.63. The van der Waals surface area contributed by atoms with Crippen LogP contribution in [0.3, 0.4) is 0 Å². The fraction of sp³-hybridized carbons (Fsp3) is 0.537. The van der Waals surface area contributed by atoms with E-state index in [0.29, 0.717) is 73.9 Å². The van der Waals surface area contributed by atoms with Crippen molar-refractivity contribution in [2.24, 2.45) is 0 Å². The molecule has 0 fully saturated rings. The molecule has 4 rings (SSSR count). The van der Waals surface area contributed by atoms with Gasteiger partial charge in [-0.2, -0.15) is 4.98 Å². The summed E-state index contributed by atoms with van der Waals surface area (Å²) in [4.78, 5) is 41.5. The number of benzene rings is 1. The van der Waals surface area contributed by atoms with Crippen LogP contribution in [0.5, 0.6) is 0 Å². The Morgan fingerprint density at radius 2 is 1.76 bits per heavy atom. The summed E-state index contributed by atoms with van der Waals surface area (Å²) < 4.78 is 14.4. The maximum absolute atomic E-state index is 13.3. The molecule has 300 valence electrons. The van der Waals surface area contributed by atoms with Gasteiger partial charge in [0.05, 0.1) is 38.7 Å². The first-order valence-electron chi connectivity index (χ1n) is 19.6. The Kier molecular flexibility index (Phi) is 17.3. The number of aromatic nitrogens is 5. The third-order valence-electron chi connectivity index (χ3n) is 9.18. The van der Waals surface area contributed by atoms with Gasteiger partial charge in [0.15, 0.2) is 11.5 Å². The van der Waals surface area contributed by atoms with Crippen LogP contribution in [0.4, 0.5) is 17.3 Å². The average Bonchev–Trinajstić information content (AvgIpc) is 3.44. The van der Waals surface area contributed by atoms with Crippen LogP contribution in [0.25, 0.3) is 16.9 Å². The number of carbonyl (C=O) groups excluding carboxylic acids is 1. The molecule has 0 aliphatic carbocycles. The molecule has 1 atom stereocenters. The Labute approximate surface area is 325 Å². The van der Waals surface area contributed by atoms with E-state index >= 15 is 0 Å². The van der Waals surface area contributed by atoms with Crippen molar-refractivity contribution in [1.29, 1.82) is 0 Å². The van der Waals surface area contributed by atoms with E-state index in [1.54, 1.807) is 42.8 Å². The van der Waals surface area contributed by atoms with Gasteiger partial charge in [-0.3, -0.25) is 9.59 Å².